The molecule has 0 aliphatic carbocycles. The Morgan fingerprint density at radius 2 is 1.87 bits per heavy atom. The van der Waals surface area contributed by atoms with E-state index < -0.39 is 34.5 Å². The molecule has 3 aromatic rings. The molecule has 202 valence electrons. The summed E-state index contributed by atoms with van der Waals surface area (Å²) in [6, 6.07) is 13.0. The van der Waals surface area contributed by atoms with Crippen molar-refractivity contribution in [1.29, 1.82) is 5.41 Å². The highest BCUT2D eigenvalue weighted by atomic mass is 32.2. The van der Waals surface area contributed by atoms with E-state index in [4.69, 9.17) is 5.41 Å². The van der Waals surface area contributed by atoms with Gasteiger partial charge in [-0.3, -0.25) is 4.90 Å². The number of nitrogens with one attached hydrogen (secondary N) is 2. The molecule has 1 aliphatic rings. The van der Waals surface area contributed by atoms with Gasteiger partial charge >= 0.3 is 6.18 Å². The normalized spacial score (nSPS) is 17.3. The summed E-state index contributed by atoms with van der Waals surface area (Å²) in [5.74, 6) is -0.393. The highest BCUT2D eigenvalue weighted by molar-refractivity contribution is 7.89. The Morgan fingerprint density at radius 3 is 2.50 bits per heavy atom. The quantitative estimate of drug-likeness (QED) is 0.295. The Morgan fingerprint density at radius 1 is 1.13 bits per heavy atom. The van der Waals surface area contributed by atoms with Gasteiger partial charge in [0, 0.05) is 61.6 Å². The van der Waals surface area contributed by atoms with Gasteiger partial charge in [-0.2, -0.15) is 17.5 Å². The lowest BCUT2D eigenvalue weighted by Crippen LogP contribution is -2.51. The monoisotopic (exact) mass is 549 g/mol. The highest BCUT2D eigenvalue weighted by Gasteiger charge is 2.38. The van der Waals surface area contributed by atoms with E-state index >= 15 is 0 Å². The van der Waals surface area contributed by atoms with Crippen LogP contribution < -0.4 is 5.32 Å². The van der Waals surface area contributed by atoms with Crippen LogP contribution in [-0.4, -0.2) is 61.2 Å². The van der Waals surface area contributed by atoms with Crippen molar-refractivity contribution in [3.8, 4) is 0 Å². The molecule has 0 amide bonds. The van der Waals surface area contributed by atoms with Gasteiger partial charge in [-0.15, -0.1) is 0 Å². The minimum atomic E-state index is -4.36. The molecule has 7 nitrogen and oxygen atoms in total. The van der Waals surface area contributed by atoms with E-state index in [-0.39, 0.29) is 31.2 Å². The van der Waals surface area contributed by atoms with Gasteiger partial charge in [0.15, 0.2) is 5.03 Å². The lowest BCUT2D eigenvalue weighted by atomic mass is 9.94. The zero-order valence-electron chi connectivity index (χ0n) is 20.5. The third-order valence-electron chi connectivity index (χ3n) is 6.45. The first kappa shape index (κ1) is 27.7. The van der Waals surface area contributed by atoms with E-state index in [1.54, 1.807) is 48.2 Å². The summed E-state index contributed by atoms with van der Waals surface area (Å²) >= 11 is 0. The molecule has 38 heavy (non-hydrogen) atoms. The molecule has 1 fully saturated rings. The molecule has 0 spiro atoms. The lowest BCUT2D eigenvalue weighted by Gasteiger charge is -2.41. The molecular weight excluding hydrogens is 522 g/mol. The first-order chi connectivity index (χ1) is 18.0. The van der Waals surface area contributed by atoms with Crippen molar-refractivity contribution in [2.75, 3.05) is 31.5 Å². The number of pyridine rings is 1. The average Bonchev–Trinajstić information content (AvgIpc) is 2.89. The molecule has 2 aromatic carbocycles. The van der Waals surface area contributed by atoms with E-state index in [1.165, 1.54) is 28.7 Å². The zero-order valence-corrected chi connectivity index (χ0v) is 21.4. The molecule has 4 rings (SSSR count). The van der Waals surface area contributed by atoms with Crippen LogP contribution in [0.3, 0.4) is 0 Å². The van der Waals surface area contributed by atoms with E-state index in [0.717, 1.165) is 6.21 Å². The molecule has 0 saturated carbocycles. The van der Waals surface area contributed by atoms with Crippen LogP contribution in [0.15, 0.2) is 65.8 Å². The predicted octanol–water partition coefficient (Wildman–Crippen LogP) is 5.27. The van der Waals surface area contributed by atoms with E-state index in [1.807, 2.05) is 0 Å². The van der Waals surface area contributed by atoms with Crippen LogP contribution in [0.1, 0.15) is 29.2 Å². The molecular formula is C26H27F4N5O2S. The maximum Gasteiger partial charge on any atom is 0.390 e. The standard InChI is InChI=1S/C26H27F4N5O2S/c1-18-14-23(33-21-7-5-20(27)6-8-21)19(16-31)15-22(18)24-17-35(13-12-34(24)11-9-26(28,29)30)38(36,37)25-4-2-3-10-32-25/h2-8,10,14-16,24,31,33H,9,11-13,17H2,1H3/t24-/m1/s1. The van der Waals surface area contributed by atoms with Crippen LogP contribution in [0.2, 0.25) is 0 Å². The Balaban J connectivity index is 1.69. The van der Waals surface area contributed by atoms with E-state index in [9.17, 15) is 26.0 Å². The van der Waals surface area contributed by atoms with Gasteiger partial charge in [0.1, 0.15) is 5.82 Å². The summed E-state index contributed by atoms with van der Waals surface area (Å²) in [5.41, 5.74) is 2.94. The van der Waals surface area contributed by atoms with E-state index in [0.29, 0.717) is 28.1 Å². The Hall–Kier alpha value is -3.35. The van der Waals surface area contributed by atoms with Crippen molar-refractivity contribution in [3.05, 3.63) is 83.3 Å². The van der Waals surface area contributed by atoms with Gasteiger partial charge in [-0.1, -0.05) is 6.07 Å². The summed E-state index contributed by atoms with van der Waals surface area (Å²) in [5, 5.41) is 10.9. The molecule has 1 aliphatic heterocycles. The van der Waals surface area contributed by atoms with Gasteiger partial charge in [0.2, 0.25) is 0 Å². The SMILES string of the molecule is Cc1cc(Nc2ccc(F)cc2)c(C=N)cc1[C@H]1CN(S(=O)(=O)c2ccccn2)CCN1CCC(F)(F)F. The fraction of sp³-hybridized carbons (Fsp3) is 0.308. The number of sulfonamides is 1. The fourth-order valence-corrected chi connectivity index (χ4v) is 5.87. The Kier molecular flexibility index (Phi) is 8.14. The second-order valence-electron chi connectivity index (χ2n) is 9.02. The summed E-state index contributed by atoms with van der Waals surface area (Å²) in [4.78, 5) is 5.60. The molecule has 1 saturated heterocycles. The molecule has 1 aromatic heterocycles. The molecule has 2 heterocycles. The number of benzene rings is 2. The first-order valence-corrected chi connectivity index (χ1v) is 13.3. The van der Waals surface area contributed by atoms with Crippen molar-refractivity contribution < 1.29 is 26.0 Å². The van der Waals surface area contributed by atoms with Crippen LogP contribution >= 0.6 is 0 Å². The van der Waals surface area contributed by atoms with Crippen LogP contribution in [0.5, 0.6) is 0 Å². The molecule has 1 atom stereocenters. The number of hydrogen-bond donors (Lipinski definition) is 2. The van der Waals surface area contributed by atoms with Crippen molar-refractivity contribution in [2.45, 2.75) is 30.6 Å². The highest BCUT2D eigenvalue weighted by Crippen LogP contribution is 2.35. The van der Waals surface area contributed by atoms with Crippen molar-refractivity contribution >= 4 is 27.6 Å². The number of aromatic nitrogens is 1. The summed E-state index contributed by atoms with van der Waals surface area (Å²) in [6.07, 6.45) is -2.91. The summed E-state index contributed by atoms with van der Waals surface area (Å²) < 4.78 is 80.4. The average molecular weight is 550 g/mol. The van der Waals surface area contributed by atoms with Crippen LogP contribution in [0.4, 0.5) is 28.9 Å². The van der Waals surface area contributed by atoms with Crippen LogP contribution in [0, 0.1) is 18.2 Å². The third-order valence-corrected chi connectivity index (χ3v) is 8.24. The Bertz CT molecular complexity index is 1380. The minimum Gasteiger partial charge on any atom is -0.355 e. The van der Waals surface area contributed by atoms with Gasteiger partial charge in [0.05, 0.1) is 6.42 Å². The number of nitrogens with zero attached hydrogens (tertiary/aromatic N) is 3. The third kappa shape index (κ3) is 6.37. The number of halogens is 4. The predicted molar refractivity (Wildman–Crippen MR) is 137 cm³/mol. The largest absolute Gasteiger partial charge is 0.390 e. The fourth-order valence-electron chi connectivity index (χ4n) is 4.50. The maximum atomic E-state index is 13.3. The van der Waals surface area contributed by atoms with Crippen molar-refractivity contribution in [3.63, 3.8) is 0 Å². The smallest absolute Gasteiger partial charge is 0.355 e. The number of aryl methyl sites for hydroxylation is 1. The van der Waals surface area contributed by atoms with Crippen molar-refractivity contribution in [2.24, 2.45) is 0 Å². The van der Waals surface area contributed by atoms with E-state index in [2.05, 4.69) is 10.3 Å². The number of piperazine rings is 1. The molecule has 12 heteroatoms. The molecule has 2 N–H and O–H groups in total. The Labute approximate surface area is 218 Å². The molecule has 0 unspecified atom stereocenters. The number of rotatable bonds is 8. The second kappa shape index (κ2) is 11.2. The zero-order chi connectivity index (χ0) is 27.5. The minimum absolute atomic E-state index is 0.0218. The topological polar surface area (TPSA) is 89.4 Å². The first-order valence-electron chi connectivity index (χ1n) is 11.9. The molecule has 0 radical (unpaired) electrons. The summed E-state index contributed by atoms with van der Waals surface area (Å²) in [6.45, 7) is 1.54. The lowest BCUT2D eigenvalue weighted by molar-refractivity contribution is -0.140. The second-order valence-corrected chi connectivity index (χ2v) is 10.9. The number of hydrogen-bond acceptors (Lipinski definition) is 6. The number of alkyl halides is 3. The van der Waals surface area contributed by atoms with Gasteiger partial charge in [-0.25, -0.2) is 17.8 Å². The van der Waals surface area contributed by atoms with Crippen LogP contribution in [0.25, 0.3) is 0 Å². The van der Waals surface area contributed by atoms with Gasteiger partial charge < -0.3 is 10.7 Å². The van der Waals surface area contributed by atoms with Crippen molar-refractivity contribution in [1.82, 2.24) is 14.2 Å². The van der Waals surface area contributed by atoms with Crippen LogP contribution in [-0.2, 0) is 10.0 Å². The number of anilines is 2. The summed E-state index contributed by atoms with van der Waals surface area (Å²) in [7, 11) is -3.97. The maximum absolute atomic E-state index is 13.3. The van der Waals surface area contributed by atoms with Gasteiger partial charge in [0.25, 0.3) is 10.0 Å². The van der Waals surface area contributed by atoms with Gasteiger partial charge in [-0.05, 0) is 66.6 Å². The molecule has 0 bridgehead atoms.